The number of hydrogen-bond donors (Lipinski definition) is 3. The highest BCUT2D eigenvalue weighted by atomic mass is 16.5. The molecule has 1 fully saturated rings. The number of benzene rings is 1. The lowest BCUT2D eigenvalue weighted by molar-refractivity contribution is 0.111. The van der Waals surface area contributed by atoms with Crippen molar-refractivity contribution in [1.82, 2.24) is 10.6 Å². The van der Waals surface area contributed by atoms with Gasteiger partial charge in [0.1, 0.15) is 5.75 Å². The Bertz CT molecular complexity index is 430. The molecule has 1 aliphatic rings. The van der Waals surface area contributed by atoms with E-state index in [2.05, 4.69) is 10.6 Å². The van der Waals surface area contributed by atoms with Crippen LogP contribution in [0.25, 0.3) is 0 Å². The van der Waals surface area contributed by atoms with Gasteiger partial charge in [-0.15, -0.1) is 0 Å². The first-order valence-corrected chi connectivity index (χ1v) is 6.60. The Morgan fingerprint density at radius 3 is 3.11 bits per heavy atom. The fourth-order valence-corrected chi connectivity index (χ4v) is 2.14. The van der Waals surface area contributed by atoms with Crippen LogP contribution in [0, 0.1) is 0 Å². The topological polar surface area (TPSA) is 70.6 Å². The minimum Gasteiger partial charge on any atom is -0.508 e. The Kier molecular flexibility index (Phi) is 4.63. The van der Waals surface area contributed by atoms with Crippen molar-refractivity contribution in [2.75, 3.05) is 13.2 Å². The predicted molar refractivity (Wildman–Crippen MR) is 72.0 cm³/mol. The van der Waals surface area contributed by atoms with Gasteiger partial charge in [0.25, 0.3) is 0 Å². The van der Waals surface area contributed by atoms with Crippen LogP contribution < -0.4 is 10.6 Å². The second-order valence-corrected chi connectivity index (χ2v) is 4.81. The number of carbonyl (C=O) groups is 1. The zero-order valence-electron chi connectivity index (χ0n) is 11.1. The number of ether oxygens (including phenoxy) is 1. The van der Waals surface area contributed by atoms with E-state index in [9.17, 15) is 9.90 Å². The van der Waals surface area contributed by atoms with Crippen LogP contribution >= 0.6 is 0 Å². The Balaban J connectivity index is 1.77. The molecule has 0 aromatic heterocycles. The number of rotatable bonds is 4. The van der Waals surface area contributed by atoms with Gasteiger partial charge in [-0.3, -0.25) is 0 Å². The molecule has 19 heavy (non-hydrogen) atoms. The summed E-state index contributed by atoms with van der Waals surface area (Å²) in [7, 11) is 0. The summed E-state index contributed by atoms with van der Waals surface area (Å²) >= 11 is 0. The summed E-state index contributed by atoms with van der Waals surface area (Å²) < 4.78 is 5.43. The lowest BCUT2D eigenvalue weighted by Crippen LogP contribution is -2.40. The van der Waals surface area contributed by atoms with E-state index in [1.807, 2.05) is 13.0 Å². The van der Waals surface area contributed by atoms with Crippen molar-refractivity contribution in [3.8, 4) is 5.75 Å². The quantitative estimate of drug-likeness (QED) is 0.778. The predicted octanol–water partition coefficient (Wildman–Crippen LogP) is 1.93. The molecule has 0 spiro atoms. The van der Waals surface area contributed by atoms with Crippen LogP contribution in [-0.2, 0) is 4.74 Å². The van der Waals surface area contributed by atoms with Crippen molar-refractivity contribution in [2.45, 2.75) is 31.9 Å². The number of aromatic hydroxyl groups is 1. The molecule has 2 atom stereocenters. The van der Waals surface area contributed by atoms with Crippen LogP contribution in [0.1, 0.15) is 31.4 Å². The van der Waals surface area contributed by atoms with Crippen molar-refractivity contribution in [3.05, 3.63) is 29.8 Å². The first kappa shape index (κ1) is 13.7. The maximum atomic E-state index is 11.7. The number of phenols is 1. The van der Waals surface area contributed by atoms with Crippen molar-refractivity contribution in [2.24, 2.45) is 0 Å². The standard InChI is InChI=1S/C14H20N2O3/c1-10(11-4-2-5-12(17)8-11)16-14(18)15-9-13-6-3-7-19-13/h2,4-5,8,10,13,17H,3,6-7,9H2,1H3,(H2,15,16,18). The van der Waals surface area contributed by atoms with Gasteiger partial charge in [0.2, 0.25) is 0 Å². The van der Waals surface area contributed by atoms with Gasteiger partial charge < -0.3 is 20.5 Å². The third-order valence-corrected chi connectivity index (χ3v) is 3.23. The van der Waals surface area contributed by atoms with Gasteiger partial charge in [0.15, 0.2) is 0 Å². The number of amides is 2. The van der Waals surface area contributed by atoms with E-state index >= 15 is 0 Å². The fourth-order valence-electron chi connectivity index (χ4n) is 2.14. The van der Waals surface area contributed by atoms with Crippen molar-refractivity contribution in [1.29, 1.82) is 0 Å². The summed E-state index contributed by atoms with van der Waals surface area (Å²) in [4.78, 5) is 11.7. The fraction of sp³-hybridized carbons (Fsp3) is 0.500. The maximum Gasteiger partial charge on any atom is 0.315 e. The van der Waals surface area contributed by atoms with E-state index < -0.39 is 0 Å². The average Bonchev–Trinajstić information content (AvgIpc) is 2.89. The van der Waals surface area contributed by atoms with Crippen LogP contribution in [0.3, 0.4) is 0 Å². The van der Waals surface area contributed by atoms with Gasteiger partial charge in [-0.2, -0.15) is 0 Å². The summed E-state index contributed by atoms with van der Waals surface area (Å²) in [6.45, 7) is 3.20. The number of nitrogens with one attached hydrogen (secondary N) is 2. The molecule has 1 aromatic carbocycles. The van der Waals surface area contributed by atoms with E-state index in [0.29, 0.717) is 6.54 Å². The molecule has 1 aliphatic heterocycles. The van der Waals surface area contributed by atoms with Gasteiger partial charge in [0, 0.05) is 13.2 Å². The van der Waals surface area contributed by atoms with E-state index in [4.69, 9.17) is 4.74 Å². The van der Waals surface area contributed by atoms with Crippen LogP contribution in [0.15, 0.2) is 24.3 Å². The van der Waals surface area contributed by atoms with Gasteiger partial charge in [-0.05, 0) is 37.5 Å². The number of carbonyl (C=O) groups excluding carboxylic acids is 1. The molecule has 2 amide bonds. The SMILES string of the molecule is CC(NC(=O)NCC1CCCO1)c1cccc(O)c1. The molecular weight excluding hydrogens is 244 g/mol. The molecule has 2 unspecified atom stereocenters. The van der Waals surface area contributed by atoms with Gasteiger partial charge in [0.05, 0.1) is 12.1 Å². The summed E-state index contributed by atoms with van der Waals surface area (Å²) in [6.07, 6.45) is 2.21. The lowest BCUT2D eigenvalue weighted by Gasteiger charge is -2.16. The lowest BCUT2D eigenvalue weighted by atomic mass is 10.1. The van der Waals surface area contributed by atoms with Crippen molar-refractivity contribution < 1.29 is 14.6 Å². The van der Waals surface area contributed by atoms with E-state index in [-0.39, 0.29) is 23.9 Å². The van der Waals surface area contributed by atoms with E-state index in [1.165, 1.54) is 0 Å². The Labute approximate surface area is 113 Å². The van der Waals surface area contributed by atoms with Gasteiger partial charge in [-0.1, -0.05) is 12.1 Å². The van der Waals surface area contributed by atoms with Crippen LogP contribution in [0.5, 0.6) is 5.75 Å². The third-order valence-electron chi connectivity index (χ3n) is 3.23. The molecule has 1 heterocycles. The molecular formula is C14H20N2O3. The average molecular weight is 264 g/mol. The normalized spacial score (nSPS) is 19.9. The second kappa shape index (κ2) is 6.43. The smallest absolute Gasteiger partial charge is 0.315 e. The molecule has 0 radical (unpaired) electrons. The highest BCUT2D eigenvalue weighted by Crippen LogP contribution is 2.17. The Morgan fingerprint density at radius 2 is 2.42 bits per heavy atom. The molecule has 1 aromatic rings. The van der Waals surface area contributed by atoms with Gasteiger partial charge in [-0.25, -0.2) is 4.79 Å². The molecule has 5 heteroatoms. The largest absolute Gasteiger partial charge is 0.508 e. The molecule has 3 N–H and O–H groups in total. The molecule has 2 rings (SSSR count). The summed E-state index contributed by atoms with van der Waals surface area (Å²) in [5, 5.41) is 15.0. The third kappa shape index (κ3) is 4.13. The maximum absolute atomic E-state index is 11.7. The van der Waals surface area contributed by atoms with Crippen molar-refractivity contribution in [3.63, 3.8) is 0 Å². The molecule has 0 bridgehead atoms. The molecule has 0 aliphatic carbocycles. The van der Waals surface area contributed by atoms with Gasteiger partial charge >= 0.3 is 6.03 Å². The van der Waals surface area contributed by atoms with E-state index in [0.717, 1.165) is 25.0 Å². The van der Waals surface area contributed by atoms with E-state index in [1.54, 1.807) is 18.2 Å². The molecule has 1 saturated heterocycles. The minimum atomic E-state index is -0.216. The monoisotopic (exact) mass is 264 g/mol. The number of phenolic OH excluding ortho intramolecular Hbond substituents is 1. The van der Waals surface area contributed by atoms with Crippen LogP contribution in [-0.4, -0.2) is 30.4 Å². The van der Waals surface area contributed by atoms with Crippen LogP contribution in [0.2, 0.25) is 0 Å². The summed E-state index contributed by atoms with van der Waals surface area (Å²) in [6, 6.07) is 6.50. The first-order valence-electron chi connectivity index (χ1n) is 6.60. The molecule has 5 nitrogen and oxygen atoms in total. The molecule has 0 saturated carbocycles. The second-order valence-electron chi connectivity index (χ2n) is 4.81. The Hall–Kier alpha value is -1.75. The first-order chi connectivity index (χ1) is 9.15. The minimum absolute atomic E-state index is 0.141. The molecule has 104 valence electrons. The number of hydrogen-bond acceptors (Lipinski definition) is 3. The van der Waals surface area contributed by atoms with Crippen LogP contribution in [0.4, 0.5) is 4.79 Å². The Morgan fingerprint density at radius 1 is 1.58 bits per heavy atom. The zero-order valence-corrected chi connectivity index (χ0v) is 11.1. The summed E-state index contributed by atoms with van der Waals surface area (Å²) in [5.41, 5.74) is 0.868. The zero-order chi connectivity index (χ0) is 13.7. The van der Waals surface area contributed by atoms with Crippen molar-refractivity contribution >= 4 is 6.03 Å². The highest BCUT2D eigenvalue weighted by molar-refractivity contribution is 5.74. The number of urea groups is 1. The highest BCUT2D eigenvalue weighted by Gasteiger charge is 2.16. The summed E-state index contributed by atoms with van der Waals surface area (Å²) in [5.74, 6) is 0.200.